The lowest BCUT2D eigenvalue weighted by atomic mass is 10.0. The highest BCUT2D eigenvalue weighted by atomic mass is 79.9. The molecule has 0 atom stereocenters. The number of hydrogen-bond acceptors (Lipinski definition) is 4. The summed E-state index contributed by atoms with van der Waals surface area (Å²) in [6, 6.07) is 0. The molecule has 1 saturated carbocycles. The van der Waals surface area contributed by atoms with E-state index in [4.69, 9.17) is 4.98 Å². The van der Waals surface area contributed by atoms with Crippen molar-refractivity contribution >= 4 is 33.5 Å². The Bertz CT molecular complexity index is 405. The number of hydrogen-bond donors (Lipinski definition) is 1. The number of rotatable bonds is 5. The molecule has 18 heavy (non-hydrogen) atoms. The third-order valence-electron chi connectivity index (χ3n) is 3.28. The lowest BCUT2D eigenvalue weighted by molar-refractivity contribution is 0.684. The summed E-state index contributed by atoms with van der Waals surface area (Å²) < 4.78 is 1.07. The molecule has 0 bridgehead atoms. The summed E-state index contributed by atoms with van der Waals surface area (Å²) >= 11 is 5.45. The number of halogens is 1. The fourth-order valence-electron chi connectivity index (χ4n) is 2.46. The number of thioether (sulfide) groups is 1. The Hall–Kier alpha value is -0.290. The minimum Gasteiger partial charge on any atom is -0.369 e. The fourth-order valence-corrected chi connectivity index (χ4v) is 3.49. The van der Waals surface area contributed by atoms with Crippen molar-refractivity contribution in [2.75, 3.05) is 18.1 Å². The topological polar surface area (TPSA) is 37.8 Å². The Morgan fingerprint density at radius 3 is 2.67 bits per heavy atom. The van der Waals surface area contributed by atoms with Gasteiger partial charge in [-0.15, -0.1) is 0 Å². The Morgan fingerprint density at radius 1 is 1.33 bits per heavy atom. The number of nitrogens with one attached hydrogen (secondary N) is 1. The molecular formula is C13H20BrN3S. The zero-order valence-corrected chi connectivity index (χ0v) is 13.4. The van der Waals surface area contributed by atoms with Crippen LogP contribution >= 0.6 is 27.7 Å². The summed E-state index contributed by atoms with van der Waals surface area (Å²) in [5.74, 6) is 3.40. The van der Waals surface area contributed by atoms with E-state index in [0.717, 1.165) is 28.4 Å². The number of nitrogens with zero attached hydrogens (tertiary/aromatic N) is 2. The maximum Gasteiger partial charge on any atom is 0.144 e. The van der Waals surface area contributed by atoms with E-state index in [1.165, 1.54) is 31.4 Å². The lowest BCUT2D eigenvalue weighted by Crippen LogP contribution is -2.09. The van der Waals surface area contributed by atoms with Gasteiger partial charge in [0.1, 0.15) is 11.6 Å². The van der Waals surface area contributed by atoms with Crippen LogP contribution in [0.3, 0.4) is 0 Å². The van der Waals surface area contributed by atoms with E-state index in [0.29, 0.717) is 5.92 Å². The maximum atomic E-state index is 4.77. The van der Waals surface area contributed by atoms with Crippen molar-refractivity contribution < 1.29 is 0 Å². The quantitative estimate of drug-likeness (QED) is 0.878. The van der Waals surface area contributed by atoms with Crippen molar-refractivity contribution in [1.29, 1.82) is 0 Å². The molecule has 0 unspecified atom stereocenters. The van der Waals surface area contributed by atoms with E-state index in [9.17, 15) is 0 Å². The predicted molar refractivity (Wildman–Crippen MR) is 82.3 cm³/mol. The first kappa shape index (κ1) is 14.1. The largest absolute Gasteiger partial charge is 0.369 e. The fraction of sp³-hybridized carbons (Fsp3) is 0.692. The van der Waals surface area contributed by atoms with Crippen LogP contribution in [-0.4, -0.2) is 22.8 Å². The molecule has 0 amide bonds. The lowest BCUT2D eigenvalue weighted by Gasteiger charge is -2.15. The minimum absolute atomic E-state index is 0.611. The summed E-state index contributed by atoms with van der Waals surface area (Å²) in [5.41, 5.74) is 1.21. The molecule has 0 aliphatic heterocycles. The summed E-state index contributed by atoms with van der Waals surface area (Å²) in [7, 11) is 0. The molecule has 100 valence electrons. The van der Waals surface area contributed by atoms with E-state index >= 15 is 0 Å². The van der Waals surface area contributed by atoms with Crippen LogP contribution in [0.1, 0.15) is 50.0 Å². The first-order valence-corrected chi connectivity index (χ1v) is 8.74. The van der Waals surface area contributed by atoms with Gasteiger partial charge in [0.2, 0.25) is 0 Å². The number of aromatic nitrogens is 2. The average Bonchev–Trinajstić information content (AvgIpc) is 2.87. The molecule has 1 aromatic heterocycles. The number of anilines is 1. The molecule has 1 aliphatic carbocycles. The molecule has 1 fully saturated rings. The Morgan fingerprint density at radius 2 is 2.06 bits per heavy atom. The molecule has 1 heterocycles. The standard InChI is InChI=1S/C13H20BrN3S/c1-3-15-13-11(14)12(9-6-4-5-7-9)16-10(17-13)8-18-2/h9H,3-8H2,1-2H3,(H,15,16,17). The van der Waals surface area contributed by atoms with Gasteiger partial charge >= 0.3 is 0 Å². The summed E-state index contributed by atoms with van der Waals surface area (Å²) in [4.78, 5) is 9.36. The Kier molecular flexibility index (Phi) is 5.30. The molecule has 1 aromatic rings. The van der Waals surface area contributed by atoms with Crippen LogP contribution in [0.4, 0.5) is 5.82 Å². The van der Waals surface area contributed by atoms with E-state index < -0.39 is 0 Å². The molecule has 5 heteroatoms. The van der Waals surface area contributed by atoms with Crippen molar-refractivity contribution in [2.45, 2.75) is 44.3 Å². The van der Waals surface area contributed by atoms with Crippen molar-refractivity contribution in [3.63, 3.8) is 0 Å². The Balaban J connectivity index is 2.35. The van der Waals surface area contributed by atoms with Crippen LogP contribution in [-0.2, 0) is 5.75 Å². The van der Waals surface area contributed by atoms with Crippen LogP contribution < -0.4 is 5.32 Å². The highest BCUT2D eigenvalue weighted by Crippen LogP contribution is 2.38. The van der Waals surface area contributed by atoms with Gasteiger partial charge in [-0.1, -0.05) is 12.8 Å². The van der Waals surface area contributed by atoms with Gasteiger partial charge in [-0.05, 0) is 42.0 Å². The van der Waals surface area contributed by atoms with Gasteiger partial charge in [0.05, 0.1) is 15.9 Å². The zero-order valence-electron chi connectivity index (χ0n) is 11.0. The maximum absolute atomic E-state index is 4.77. The molecule has 0 saturated heterocycles. The second-order valence-corrected chi connectivity index (χ2v) is 6.29. The Labute approximate surface area is 122 Å². The molecule has 1 N–H and O–H groups in total. The highest BCUT2D eigenvalue weighted by molar-refractivity contribution is 9.10. The van der Waals surface area contributed by atoms with Crippen molar-refractivity contribution in [2.24, 2.45) is 0 Å². The second kappa shape index (κ2) is 6.75. The van der Waals surface area contributed by atoms with Gasteiger partial charge in [-0.2, -0.15) is 11.8 Å². The van der Waals surface area contributed by atoms with Gasteiger partial charge in [-0.3, -0.25) is 0 Å². The molecular weight excluding hydrogens is 310 g/mol. The van der Waals surface area contributed by atoms with E-state index in [-0.39, 0.29) is 0 Å². The molecule has 0 aromatic carbocycles. The highest BCUT2D eigenvalue weighted by Gasteiger charge is 2.23. The third-order valence-corrected chi connectivity index (χ3v) is 4.61. The smallest absolute Gasteiger partial charge is 0.144 e. The third kappa shape index (κ3) is 3.18. The monoisotopic (exact) mass is 329 g/mol. The van der Waals surface area contributed by atoms with Gasteiger partial charge < -0.3 is 5.32 Å². The summed E-state index contributed by atoms with van der Waals surface area (Å²) in [6.07, 6.45) is 7.28. The van der Waals surface area contributed by atoms with E-state index in [2.05, 4.69) is 39.4 Å². The van der Waals surface area contributed by atoms with Gasteiger partial charge in [0, 0.05) is 12.5 Å². The molecule has 0 spiro atoms. The van der Waals surface area contributed by atoms with Gasteiger partial charge in [0.15, 0.2) is 0 Å². The summed E-state index contributed by atoms with van der Waals surface area (Å²) in [6.45, 7) is 2.98. The van der Waals surface area contributed by atoms with Gasteiger partial charge in [0.25, 0.3) is 0 Å². The minimum atomic E-state index is 0.611. The molecule has 2 rings (SSSR count). The van der Waals surface area contributed by atoms with Crippen molar-refractivity contribution in [3.8, 4) is 0 Å². The van der Waals surface area contributed by atoms with Crippen LogP contribution in [0.2, 0.25) is 0 Å². The van der Waals surface area contributed by atoms with Crippen molar-refractivity contribution in [3.05, 3.63) is 16.0 Å². The first-order chi connectivity index (χ1) is 8.76. The molecule has 3 nitrogen and oxygen atoms in total. The SMILES string of the molecule is CCNc1nc(CSC)nc(C2CCCC2)c1Br. The summed E-state index contributed by atoms with van der Waals surface area (Å²) in [5, 5.41) is 3.33. The van der Waals surface area contributed by atoms with E-state index in [1.807, 2.05) is 0 Å². The van der Waals surface area contributed by atoms with Crippen LogP contribution in [0, 0.1) is 0 Å². The van der Waals surface area contributed by atoms with Gasteiger partial charge in [-0.25, -0.2) is 9.97 Å². The van der Waals surface area contributed by atoms with Crippen LogP contribution in [0.15, 0.2) is 4.47 Å². The normalized spacial score (nSPS) is 16.2. The zero-order chi connectivity index (χ0) is 13.0. The van der Waals surface area contributed by atoms with E-state index in [1.54, 1.807) is 11.8 Å². The average molecular weight is 330 g/mol. The molecule has 0 radical (unpaired) electrons. The van der Waals surface area contributed by atoms with Crippen LogP contribution in [0.5, 0.6) is 0 Å². The first-order valence-electron chi connectivity index (χ1n) is 6.55. The second-order valence-electron chi connectivity index (χ2n) is 4.63. The molecule has 1 aliphatic rings. The predicted octanol–water partition coefficient (Wildman–Crippen LogP) is 4.19. The van der Waals surface area contributed by atoms with Crippen molar-refractivity contribution in [1.82, 2.24) is 9.97 Å². The van der Waals surface area contributed by atoms with Crippen LogP contribution in [0.25, 0.3) is 0 Å².